The van der Waals surface area contributed by atoms with Crippen LogP contribution in [0.3, 0.4) is 0 Å². The summed E-state index contributed by atoms with van der Waals surface area (Å²) in [5.41, 5.74) is 5.13. The molecule has 0 bridgehead atoms. The lowest BCUT2D eigenvalue weighted by Gasteiger charge is -2.31. The van der Waals surface area contributed by atoms with Gasteiger partial charge in [-0.05, 0) is 60.7 Å². The molecule has 1 N–H and O–H groups in total. The first-order chi connectivity index (χ1) is 19.4. The molecule has 0 saturated carbocycles. The molecule has 2 aromatic rings. The Balaban J connectivity index is 1.39. The van der Waals surface area contributed by atoms with Gasteiger partial charge in [-0.2, -0.15) is 5.10 Å². The van der Waals surface area contributed by atoms with E-state index in [9.17, 15) is 9.59 Å². The first-order valence-corrected chi connectivity index (χ1v) is 14.1. The number of hydrogen-bond donors (Lipinski definition) is 1. The van der Waals surface area contributed by atoms with Crippen LogP contribution in [-0.4, -0.2) is 91.7 Å². The van der Waals surface area contributed by atoms with E-state index in [1.165, 1.54) is 11.1 Å². The number of hydrogen-bond acceptors (Lipinski definition) is 7. The van der Waals surface area contributed by atoms with Crippen LogP contribution in [0.4, 0.5) is 4.79 Å². The third kappa shape index (κ3) is 6.39. The van der Waals surface area contributed by atoms with Crippen molar-refractivity contribution < 1.29 is 23.8 Å². The van der Waals surface area contributed by atoms with Gasteiger partial charge in [0, 0.05) is 39.1 Å². The van der Waals surface area contributed by atoms with Gasteiger partial charge in [0.15, 0.2) is 11.5 Å². The summed E-state index contributed by atoms with van der Waals surface area (Å²) in [6.45, 7) is 11.0. The van der Waals surface area contributed by atoms with Gasteiger partial charge >= 0.3 is 6.03 Å². The molecule has 0 aliphatic carbocycles. The van der Waals surface area contributed by atoms with Crippen LogP contribution in [0.15, 0.2) is 41.5 Å². The third-order valence-corrected chi connectivity index (χ3v) is 7.72. The highest BCUT2D eigenvalue weighted by Gasteiger charge is 2.35. The maximum atomic E-state index is 13.9. The van der Waals surface area contributed by atoms with E-state index in [1.54, 1.807) is 9.91 Å². The molecule has 5 rings (SSSR count). The highest BCUT2D eigenvalue weighted by atomic mass is 16.7. The van der Waals surface area contributed by atoms with Crippen molar-refractivity contribution in [2.24, 2.45) is 5.10 Å². The number of fused-ring (bicyclic) bond motifs is 1. The van der Waals surface area contributed by atoms with Gasteiger partial charge in [0.25, 0.3) is 5.91 Å². The summed E-state index contributed by atoms with van der Waals surface area (Å²) < 4.78 is 16.6. The van der Waals surface area contributed by atoms with Crippen molar-refractivity contribution in [1.29, 1.82) is 0 Å². The molecule has 10 heteroatoms. The Labute approximate surface area is 235 Å². The molecule has 2 aromatic carbocycles. The predicted octanol–water partition coefficient (Wildman–Crippen LogP) is 3.46. The van der Waals surface area contributed by atoms with Gasteiger partial charge in [-0.1, -0.05) is 25.1 Å². The van der Waals surface area contributed by atoms with E-state index in [4.69, 9.17) is 19.3 Å². The fourth-order valence-corrected chi connectivity index (χ4v) is 5.13. The summed E-state index contributed by atoms with van der Waals surface area (Å²) in [5.74, 6) is 1.13. The van der Waals surface area contributed by atoms with Crippen molar-refractivity contribution >= 4 is 17.6 Å². The molecule has 3 amide bonds. The molecule has 40 heavy (non-hydrogen) atoms. The van der Waals surface area contributed by atoms with Crippen molar-refractivity contribution in [1.82, 2.24) is 20.1 Å². The van der Waals surface area contributed by atoms with Crippen molar-refractivity contribution in [3.8, 4) is 11.5 Å². The molecule has 1 saturated heterocycles. The fraction of sp³-hybridized carbons (Fsp3) is 0.500. The number of aryl methyl sites for hydroxylation is 2. The first-order valence-electron chi connectivity index (χ1n) is 14.1. The Morgan fingerprint density at radius 3 is 2.62 bits per heavy atom. The molecule has 1 fully saturated rings. The number of amides is 3. The van der Waals surface area contributed by atoms with Crippen molar-refractivity contribution in [3.63, 3.8) is 0 Å². The van der Waals surface area contributed by atoms with Crippen LogP contribution in [0, 0.1) is 13.8 Å². The van der Waals surface area contributed by atoms with Gasteiger partial charge in [0.05, 0.1) is 25.0 Å². The molecule has 0 unspecified atom stereocenters. The highest BCUT2D eigenvalue weighted by Crippen LogP contribution is 2.39. The van der Waals surface area contributed by atoms with Crippen LogP contribution in [-0.2, 0) is 9.53 Å². The van der Waals surface area contributed by atoms with Gasteiger partial charge in [-0.25, -0.2) is 9.80 Å². The molecular formula is C30H39N5O5. The number of rotatable bonds is 9. The van der Waals surface area contributed by atoms with Crippen LogP contribution in [0.1, 0.15) is 48.1 Å². The second-order valence-corrected chi connectivity index (χ2v) is 10.5. The molecule has 3 aliphatic rings. The normalized spacial score (nSPS) is 18.5. The number of benzene rings is 2. The second kappa shape index (κ2) is 12.7. The average Bonchev–Trinajstić information content (AvgIpc) is 3.63. The quantitative estimate of drug-likeness (QED) is 0.515. The first kappa shape index (κ1) is 27.9. The van der Waals surface area contributed by atoms with Crippen molar-refractivity contribution in [3.05, 3.63) is 58.7 Å². The van der Waals surface area contributed by atoms with Crippen LogP contribution < -0.4 is 14.8 Å². The number of urea groups is 1. The highest BCUT2D eigenvalue weighted by molar-refractivity contribution is 6.03. The zero-order valence-electron chi connectivity index (χ0n) is 23.6. The van der Waals surface area contributed by atoms with Crippen LogP contribution in [0.25, 0.3) is 0 Å². The number of carbonyl (C=O) groups excluding carboxylic acids is 2. The summed E-state index contributed by atoms with van der Waals surface area (Å²) in [6.07, 6.45) is 1.38. The lowest BCUT2D eigenvalue weighted by atomic mass is 9.96. The topological polar surface area (TPSA) is 95.9 Å². The number of morpholine rings is 1. The number of carbonyl (C=O) groups is 2. The maximum absolute atomic E-state index is 13.9. The average molecular weight is 550 g/mol. The van der Waals surface area contributed by atoms with E-state index in [-0.39, 0.29) is 31.3 Å². The van der Waals surface area contributed by atoms with Crippen molar-refractivity contribution in [2.45, 2.75) is 39.7 Å². The Bertz CT molecular complexity index is 1260. The SMILES string of the molecule is CCCNC(=O)N(CCN1CCOCC1)CC(=O)N1N=C(c2ccc(C)c(C)c2)C[C@H]1c1ccc2c(c1)OCO2. The Morgan fingerprint density at radius 1 is 1.05 bits per heavy atom. The number of ether oxygens (including phenoxy) is 3. The number of nitrogens with one attached hydrogen (secondary N) is 1. The summed E-state index contributed by atoms with van der Waals surface area (Å²) in [6, 6.07) is 11.5. The van der Waals surface area contributed by atoms with Gasteiger partial charge in [-0.3, -0.25) is 9.69 Å². The van der Waals surface area contributed by atoms with Gasteiger partial charge in [-0.15, -0.1) is 0 Å². The summed E-state index contributed by atoms with van der Waals surface area (Å²) >= 11 is 0. The monoisotopic (exact) mass is 549 g/mol. The Morgan fingerprint density at radius 2 is 1.85 bits per heavy atom. The van der Waals surface area contributed by atoms with Gasteiger partial charge in [0.2, 0.25) is 6.79 Å². The minimum Gasteiger partial charge on any atom is -0.454 e. The minimum atomic E-state index is -0.321. The van der Waals surface area contributed by atoms with E-state index in [0.717, 1.165) is 36.3 Å². The van der Waals surface area contributed by atoms with Crippen LogP contribution >= 0.6 is 0 Å². The van der Waals surface area contributed by atoms with Crippen molar-refractivity contribution in [2.75, 3.05) is 59.3 Å². The molecule has 214 valence electrons. The second-order valence-electron chi connectivity index (χ2n) is 10.5. The lowest BCUT2D eigenvalue weighted by Crippen LogP contribution is -2.49. The molecule has 3 heterocycles. The lowest BCUT2D eigenvalue weighted by molar-refractivity contribution is -0.133. The maximum Gasteiger partial charge on any atom is 0.317 e. The third-order valence-electron chi connectivity index (χ3n) is 7.72. The van der Waals surface area contributed by atoms with E-state index in [1.807, 2.05) is 25.1 Å². The molecule has 3 aliphatic heterocycles. The van der Waals surface area contributed by atoms with E-state index in [2.05, 4.69) is 42.3 Å². The van der Waals surface area contributed by atoms with Gasteiger partial charge in [0.1, 0.15) is 6.54 Å². The number of hydrazone groups is 1. The zero-order valence-corrected chi connectivity index (χ0v) is 23.6. The zero-order chi connectivity index (χ0) is 28.1. The Kier molecular flexibility index (Phi) is 8.86. The fourth-order valence-electron chi connectivity index (χ4n) is 5.13. The standard InChI is InChI=1S/C30H39N5O5/c1-4-9-31-30(37)34(11-10-33-12-14-38-15-13-33)19-29(36)35-26(24-7-8-27-28(17-24)40-20-39-27)18-25(32-35)23-6-5-21(2)22(3)16-23/h5-8,16-17,26H,4,9-15,18-20H2,1-3H3,(H,31,37)/t26-/m0/s1. The molecule has 1 atom stereocenters. The minimum absolute atomic E-state index is 0.0648. The predicted molar refractivity (Wildman–Crippen MR) is 152 cm³/mol. The summed E-state index contributed by atoms with van der Waals surface area (Å²) in [4.78, 5) is 30.9. The molecule has 0 spiro atoms. The van der Waals surface area contributed by atoms with Crippen LogP contribution in [0.2, 0.25) is 0 Å². The molecular weight excluding hydrogens is 510 g/mol. The molecule has 0 aromatic heterocycles. The molecule has 0 radical (unpaired) electrons. The molecule has 10 nitrogen and oxygen atoms in total. The largest absolute Gasteiger partial charge is 0.454 e. The van der Waals surface area contributed by atoms with E-state index < -0.39 is 0 Å². The summed E-state index contributed by atoms with van der Waals surface area (Å²) in [5, 5.41) is 9.34. The van der Waals surface area contributed by atoms with E-state index in [0.29, 0.717) is 50.8 Å². The van der Waals surface area contributed by atoms with Crippen LogP contribution in [0.5, 0.6) is 11.5 Å². The summed E-state index contributed by atoms with van der Waals surface area (Å²) in [7, 11) is 0. The smallest absolute Gasteiger partial charge is 0.317 e. The van der Waals surface area contributed by atoms with Gasteiger partial charge < -0.3 is 24.4 Å². The van der Waals surface area contributed by atoms with E-state index >= 15 is 0 Å². The Hall–Kier alpha value is -3.63. The number of nitrogens with zero attached hydrogens (tertiary/aromatic N) is 4.